The van der Waals surface area contributed by atoms with Crippen LogP contribution in [0.25, 0.3) is 0 Å². The molecule has 0 unspecified atom stereocenters. The van der Waals surface area contributed by atoms with Gasteiger partial charge in [0.25, 0.3) is 5.91 Å². The van der Waals surface area contributed by atoms with Gasteiger partial charge in [-0.15, -0.1) is 6.58 Å². The van der Waals surface area contributed by atoms with Gasteiger partial charge in [-0.3, -0.25) is 4.79 Å². The Morgan fingerprint density at radius 1 is 1.39 bits per heavy atom. The highest BCUT2D eigenvalue weighted by atomic mass is 16.3. The van der Waals surface area contributed by atoms with Gasteiger partial charge >= 0.3 is 0 Å². The van der Waals surface area contributed by atoms with Crippen molar-refractivity contribution in [2.75, 3.05) is 0 Å². The Hall–Kier alpha value is -1.61. The molecule has 0 aliphatic rings. The predicted octanol–water partition coefficient (Wildman–Crippen LogP) is 2.38. The first-order valence-corrected chi connectivity index (χ1v) is 6.21. The molecule has 1 rings (SSSR count). The van der Waals surface area contributed by atoms with Crippen LogP contribution in [0.4, 0.5) is 0 Å². The highest BCUT2D eigenvalue weighted by Gasteiger charge is 2.20. The molecule has 0 aliphatic heterocycles. The number of hydrogen-bond acceptors (Lipinski definition) is 2. The number of amides is 1. The van der Waals surface area contributed by atoms with E-state index in [1.807, 2.05) is 18.2 Å². The van der Waals surface area contributed by atoms with Crippen LogP contribution in [-0.2, 0) is 0 Å². The third-order valence-corrected chi connectivity index (χ3v) is 2.73. The van der Waals surface area contributed by atoms with Crippen LogP contribution < -0.4 is 5.32 Å². The largest absolute Gasteiger partial charge is 0.387 e. The van der Waals surface area contributed by atoms with Crippen LogP contribution in [0.2, 0.25) is 0 Å². The smallest absolute Gasteiger partial charge is 0.251 e. The van der Waals surface area contributed by atoms with Crippen LogP contribution in [-0.4, -0.2) is 23.2 Å². The summed E-state index contributed by atoms with van der Waals surface area (Å²) in [5.41, 5.74) is 0.600. The first kappa shape index (κ1) is 14.5. The van der Waals surface area contributed by atoms with Gasteiger partial charge in [-0.1, -0.05) is 38.1 Å². The van der Waals surface area contributed by atoms with Crippen LogP contribution in [0.3, 0.4) is 0 Å². The van der Waals surface area contributed by atoms with Crippen molar-refractivity contribution in [3.63, 3.8) is 0 Å². The predicted molar refractivity (Wildman–Crippen MR) is 73.4 cm³/mol. The van der Waals surface area contributed by atoms with Crippen LogP contribution in [0, 0.1) is 5.92 Å². The molecule has 1 aromatic carbocycles. The van der Waals surface area contributed by atoms with E-state index >= 15 is 0 Å². The Kier molecular flexibility index (Phi) is 5.59. The summed E-state index contributed by atoms with van der Waals surface area (Å²) >= 11 is 0. The van der Waals surface area contributed by atoms with Gasteiger partial charge in [0.05, 0.1) is 12.1 Å². The van der Waals surface area contributed by atoms with E-state index in [1.165, 1.54) is 6.08 Å². The Balaban J connectivity index is 2.71. The molecule has 3 heteroatoms. The van der Waals surface area contributed by atoms with Gasteiger partial charge in [0.15, 0.2) is 0 Å². The molecule has 0 aliphatic carbocycles. The number of aliphatic hydroxyl groups excluding tert-OH is 1. The molecule has 0 spiro atoms. The molecule has 0 saturated heterocycles. The fourth-order valence-corrected chi connectivity index (χ4v) is 1.80. The number of carbonyl (C=O) groups excluding carboxylic acids is 1. The van der Waals surface area contributed by atoms with Gasteiger partial charge in [-0.05, 0) is 24.5 Å². The lowest BCUT2D eigenvalue weighted by molar-refractivity contribution is 0.0869. The topological polar surface area (TPSA) is 49.3 Å². The number of rotatable bonds is 6. The maximum atomic E-state index is 12.0. The first-order chi connectivity index (χ1) is 8.54. The minimum absolute atomic E-state index is 0.165. The molecule has 2 N–H and O–H groups in total. The van der Waals surface area contributed by atoms with Gasteiger partial charge in [-0.2, -0.15) is 0 Å². The van der Waals surface area contributed by atoms with Crippen LogP contribution in [0.1, 0.15) is 30.6 Å². The van der Waals surface area contributed by atoms with Crippen molar-refractivity contribution in [1.29, 1.82) is 0 Å². The maximum Gasteiger partial charge on any atom is 0.251 e. The first-order valence-electron chi connectivity index (χ1n) is 6.21. The number of aliphatic hydroxyl groups is 1. The molecule has 0 fully saturated rings. The SMILES string of the molecule is C=C[C@H](O)[C@H](CC(C)C)NC(=O)c1ccccc1. The Morgan fingerprint density at radius 2 is 2.00 bits per heavy atom. The normalized spacial score (nSPS) is 14.0. The monoisotopic (exact) mass is 247 g/mol. The Morgan fingerprint density at radius 3 is 2.50 bits per heavy atom. The van der Waals surface area contributed by atoms with Gasteiger partial charge < -0.3 is 10.4 Å². The second-order valence-electron chi connectivity index (χ2n) is 4.80. The zero-order valence-corrected chi connectivity index (χ0v) is 11.0. The van der Waals surface area contributed by atoms with Crippen molar-refractivity contribution in [3.05, 3.63) is 48.6 Å². The average molecular weight is 247 g/mol. The summed E-state index contributed by atoms with van der Waals surface area (Å²) in [6, 6.07) is 8.70. The van der Waals surface area contributed by atoms with E-state index in [0.717, 1.165) is 0 Å². The summed E-state index contributed by atoms with van der Waals surface area (Å²) in [6.07, 6.45) is 1.45. The zero-order valence-electron chi connectivity index (χ0n) is 11.0. The van der Waals surface area contributed by atoms with Crippen LogP contribution >= 0.6 is 0 Å². The molecule has 0 heterocycles. The van der Waals surface area contributed by atoms with E-state index < -0.39 is 6.10 Å². The van der Waals surface area contributed by atoms with E-state index in [9.17, 15) is 9.90 Å². The summed E-state index contributed by atoms with van der Waals surface area (Å²) in [5.74, 6) is 0.225. The molecule has 0 aromatic heterocycles. The number of nitrogens with one attached hydrogen (secondary N) is 1. The molecule has 3 nitrogen and oxygen atoms in total. The lowest BCUT2D eigenvalue weighted by Gasteiger charge is -2.23. The lowest BCUT2D eigenvalue weighted by atomic mass is 9.98. The molecule has 1 aromatic rings. The standard InChI is InChI=1S/C15H21NO2/c1-4-14(17)13(10-11(2)3)16-15(18)12-8-6-5-7-9-12/h4-9,11,13-14,17H,1,10H2,2-3H3,(H,16,18)/t13-,14-/m0/s1. The van der Waals surface area contributed by atoms with Gasteiger partial charge in [-0.25, -0.2) is 0 Å². The van der Waals surface area contributed by atoms with E-state index in [2.05, 4.69) is 25.7 Å². The van der Waals surface area contributed by atoms with Crippen molar-refractivity contribution < 1.29 is 9.90 Å². The molecular formula is C15H21NO2. The highest BCUT2D eigenvalue weighted by Crippen LogP contribution is 2.10. The Bertz CT molecular complexity index is 387. The zero-order chi connectivity index (χ0) is 13.5. The van der Waals surface area contributed by atoms with E-state index in [4.69, 9.17) is 0 Å². The second-order valence-corrected chi connectivity index (χ2v) is 4.80. The lowest BCUT2D eigenvalue weighted by Crippen LogP contribution is -2.43. The molecule has 1 amide bonds. The van der Waals surface area contributed by atoms with Gasteiger partial charge in [0.2, 0.25) is 0 Å². The maximum absolute atomic E-state index is 12.0. The number of hydrogen-bond donors (Lipinski definition) is 2. The summed E-state index contributed by atoms with van der Waals surface area (Å²) < 4.78 is 0. The van der Waals surface area contributed by atoms with Crippen molar-refractivity contribution in [1.82, 2.24) is 5.32 Å². The van der Waals surface area contributed by atoms with E-state index in [1.54, 1.807) is 12.1 Å². The van der Waals surface area contributed by atoms with Gasteiger partial charge in [0, 0.05) is 5.56 Å². The Labute approximate surface area is 109 Å². The van der Waals surface area contributed by atoms with E-state index in [-0.39, 0.29) is 11.9 Å². The quantitative estimate of drug-likeness (QED) is 0.758. The number of carbonyl (C=O) groups is 1. The molecule has 2 atom stereocenters. The third-order valence-electron chi connectivity index (χ3n) is 2.73. The number of benzene rings is 1. The minimum Gasteiger partial charge on any atom is -0.387 e. The fraction of sp³-hybridized carbons (Fsp3) is 0.400. The van der Waals surface area contributed by atoms with Crippen LogP contribution in [0.15, 0.2) is 43.0 Å². The minimum atomic E-state index is -0.722. The van der Waals surface area contributed by atoms with Crippen molar-refractivity contribution in [2.24, 2.45) is 5.92 Å². The summed E-state index contributed by atoms with van der Waals surface area (Å²) in [5, 5.41) is 12.7. The van der Waals surface area contributed by atoms with Gasteiger partial charge in [0.1, 0.15) is 0 Å². The molecule has 0 radical (unpaired) electrons. The third kappa shape index (κ3) is 4.34. The van der Waals surface area contributed by atoms with Crippen molar-refractivity contribution in [2.45, 2.75) is 32.4 Å². The molecule has 18 heavy (non-hydrogen) atoms. The second kappa shape index (κ2) is 6.97. The van der Waals surface area contributed by atoms with E-state index in [0.29, 0.717) is 17.9 Å². The average Bonchev–Trinajstić information content (AvgIpc) is 2.37. The molecule has 0 bridgehead atoms. The molecule has 98 valence electrons. The van der Waals surface area contributed by atoms with Crippen molar-refractivity contribution >= 4 is 5.91 Å². The summed E-state index contributed by atoms with van der Waals surface area (Å²) in [6.45, 7) is 7.67. The van der Waals surface area contributed by atoms with Crippen molar-refractivity contribution in [3.8, 4) is 0 Å². The molecular weight excluding hydrogens is 226 g/mol. The molecule has 0 saturated carbocycles. The van der Waals surface area contributed by atoms with Crippen LogP contribution in [0.5, 0.6) is 0 Å². The summed E-state index contributed by atoms with van der Waals surface area (Å²) in [4.78, 5) is 12.0. The summed E-state index contributed by atoms with van der Waals surface area (Å²) in [7, 11) is 0. The fourth-order valence-electron chi connectivity index (χ4n) is 1.80. The highest BCUT2D eigenvalue weighted by molar-refractivity contribution is 5.94.